The second kappa shape index (κ2) is 5.80. The summed E-state index contributed by atoms with van der Waals surface area (Å²) < 4.78 is 0. The summed E-state index contributed by atoms with van der Waals surface area (Å²) in [6.45, 7) is 7.93. The van der Waals surface area contributed by atoms with Crippen LogP contribution in [0.25, 0.3) is 10.8 Å². The van der Waals surface area contributed by atoms with E-state index in [2.05, 4.69) is 53.3 Å². The van der Waals surface area contributed by atoms with E-state index in [1.807, 2.05) is 12.4 Å². The van der Waals surface area contributed by atoms with Crippen LogP contribution in [0.4, 0.5) is 5.69 Å². The Labute approximate surface area is 121 Å². The number of hydrogen-bond donors (Lipinski definition) is 1. The quantitative estimate of drug-likeness (QED) is 0.862. The van der Waals surface area contributed by atoms with Crippen molar-refractivity contribution in [3.05, 3.63) is 36.7 Å². The van der Waals surface area contributed by atoms with Crippen molar-refractivity contribution in [2.24, 2.45) is 5.92 Å². The number of nitrogens with one attached hydrogen (secondary N) is 1. The van der Waals surface area contributed by atoms with Crippen molar-refractivity contribution in [2.45, 2.75) is 26.3 Å². The van der Waals surface area contributed by atoms with Crippen LogP contribution in [0, 0.1) is 5.92 Å². The second-order valence-corrected chi connectivity index (χ2v) is 6.02. The smallest absolute Gasteiger partial charge is 0.0447 e. The van der Waals surface area contributed by atoms with E-state index >= 15 is 0 Å². The molecule has 3 rings (SSSR count). The van der Waals surface area contributed by atoms with Crippen LogP contribution in [0.2, 0.25) is 0 Å². The molecule has 2 heterocycles. The molecule has 1 N–H and O–H groups in total. The van der Waals surface area contributed by atoms with E-state index in [-0.39, 0.29) is 0 Å². The van der Waals surface area contributed by atoms with Crippen LogP contribution in [0.3, 0.4) is 0 Å². The minimum atomic E-state index is 0.594. The number of nitrogens with zero attached hydrogens (tertiary/aromatic N) is 2. The third kappa shape index (κ3) is 2.78. The standard InChI is InChI=1S/C17H23N3/c1-13-10-19-14(2)7-9-20(12-13)17-5-3-4-15-11-18-8-6-16(15)17/h3-6,8,11,13-14,19H,7,9-10,12H2,1-2H3. The van der Waals surface area contributed by atoms with Crippen molar-refractivity contribution in [1.82, 2.24) is 10.3 Å². The molecule has 3 heteroatoms. The molecule has 0 bridgehead atoms. The summed E-state index contributed by atoms with van der Waals surface area (Å²) in [5.41, 5.74) is 1.35. The summed E-state index contributed by atoms with van der Waals surface area (Å²) in [7, 11) is 0. The lowest BCUT2D eigenvalue weighted by molar-refractivity contribution is 0.411. The van der Waals surface area contributed by atoms with Gasteiger partial charge in [0.25, 0.3) is 0 Å². The summed E-state index contributed by atoms with van der Waals surface area (Å²) >= 11 is 0. The number of fused-ring (bicyclic) bond motifs is 1. The Morgan fingerprint density at radius 1 is 1.25 bits per heavy atom. The van der Waals surface area contributed by atoms with Crippen LogP contribution in [-0.4, -0.2) is 30.7 Å². The predicted octanol–water partition coefficient (Wildman–Crippen LogP) is 3.06. The summed E-state index contributed by atoms with van der Waals surface area (Å²) in [5, 5.41) is 6.15. The first-order valence-electron chi connectivity index (χ1n) is 7.55. The lowest BCUT2D eigenvalue weighted by Crippen LogP contribution is -2.42. The van der Waals surface area contributed by atoms with Gasteiger partial charge in [-0.25, -0.2) is 0 Å². The van der Waals surface area contributed by atoms with Gasteiger partial charge in [0.1, 0.15) is 0 Å². The zero-order valence-electron chi connectivity index (χ0n) is 12.3. The Morgan fingerprint density at radius 3 is 3.05 bits per heavy atom. The van der Waals surface area contributed by atoms with E-state index in [0.717, 1.165) is 19.6 Å². The van der Waals surface area contributed by atoms with Gasteiger partial charge in [-0.1, -0.05) is 19.1 Å². The Bertz CT molecular complexity index is 576. The molecule has 20 heavy (non-hydrogen) atoms. The van der Waals surface area contributed by atoms with Crippen molar-refractivity contribution in [3.63, 3.8) is 0 Å². The molecular weight excluding hydrogens is 246 g/mol. The van der Waals surface area contributed by atoms with Crippen molar-refractivity contribution < 1.29 is 0 Å². The van der Waals surface area contributed by atoms with Crippen molar-refractivity contribution in [1.29, 1.82) is 0 Å². The Kier molecular flexibility index (Phi) is 3.88. The van der Waals surface area contributed by atoms with E-state index in [1.165, 1.54) is 22.9 Å². The zero-order valence-corrected chi connectivity index (χ0v) is 12.3. The molecule has 0 aliphatic carbocycles. The Hall–Kier alpha value is -1.61. The van der Waals surface area contributed by atoms with Gasteiger partial charge in [-0.2, -0.15) is 0 Å². The number of pyridine rings is 1. The molecule has 1 aliphatic heterocycles. The van der Waals surface area contributed by atoms with Crippen LogP contribution >= 0.6 is 0 Å². The summed E-state index contributed by atoms with van der Waals surface area (Å²) in [4.78, 5) is 6.78. The molecule has 0 amide bonds. The first kappa shape index (κ1) is 13.4. The lowest BCUT2D eigenvalue weighted by Gasteiger charge is -2.33. The van der Waals surface area contributed by atoms with Gasteiger partial charge < -0.3 is 10.2 Å². The molecule has 106 valence electrons. The number of anilines is 1. The highest BCUT2D eigenvalue weighted by molar-refractivity contribution is 5.93. The normalized spacial score (nSPS) is 24.4. The highest BCUT2D eigenvalue weighted by atomic mass is 15.1. The fourth-order valence-electron chi connectivity index (χ4n) is 2.99. The summed E-state index contributed by atoms with van der Waals surface area (Å²) in [6, 6.07) is 9.26. The molecule has 1 aromatic heterocycles. The van der Waals surface area contributed by atoms with E-state index in [9.17, 15) is 0 Å². The third-order valence-electron chi connectivity index (χ3n) is 4.18. The molecule has 0 saturated carbocycles. The van der Waals surface area contributed by atoms with Gasteiger partial charge in [0.05, 0.1) is 0 Å². The summed E-state index contributed by atoms with van der Waals surface area (Å²) in [5.74, 6) is 0.662. The van der Waals surface area contributed by atoms with Crippen LogP contribution in [0.5, 0.6) is 0 Å². The Balaban J connectivity index is 1.95. The van der Waals surface area contributed by atoms with E-state index in [1.54, 1.807) is 0 Å². The zero-order chi connectivity index (χ0) is 13.9. The highest BCUT2D eigenvalue weighted by Crippen LogP contribution is 2.27. The molecule has 0 spiro atoms. The maximum Gasteiger partial charge on any atom is 0.0447 e. The highest BCUT2D eigenvalue weighted by Gasteiger charge is 2.18. The monoisotopic (exact) mass is 269 g/mol. The van der Waals surface area contributed by atoms with Crippen LogP contribution in [0.1, 0.15) is 20.3 Å². The molecule has 2 atom stereocenters. The van der Waals surface area contributed by atoms with Gasteiger partial charge in [-0.05, 0) is 37.9 Å². The topological polar surface area (TPSA) is 28.2 Å². The first-order chi connectivity index (χ1) is 9.74. The average molecular weight is 269 g/mol. The summed E-state index contributed by atoms with van der Waals surface area (Å²) in [6.07, 6.45) is 5.04. The van der Waals surface area contributed by atoms with Crippen molar-refractivity contribution in [2.75, 3.05) is 24.5 Å². The molecule has 1 fully saturated rings. The lowest BCUT2D eigenvalue weighted by atomic mass is 10.0. The van der Waals surface area contributed by atoms with E-state index < -0.39 is 0 Å². The average Bonchev–Trinajstić information content (AvgIpc) is 2.47. The molecule has 0 radical (unpaired) electrons. The van der Waals surface area contributed by atoms with Crippen molar-refractivity contribution >= 4 is 16.5 Å². The largest absolute Gasteiger partial charge is 0.371 e. The molecule has 1 saturated heterocycles. The van der Waals surface area contributed by atoms with Gasteiger partial charge >= 0.3 is 0 Å². The third-order valence-corrected chi connectivity index (χ3v) is 4.18. The number of rotatable bonds is 1. The van der Waals surface area contributed by atoms with E-state index in [4.69, 9.17) is 0 Å². The molecule has 2 aromatic rings. The van der Waals surface area contributed by atoms with Gasteiger partial charge in [-0.15, -0.1) is 0 Å². The van der Waals surface area contributed by atoms with Crippen LogP contribution < -0.4 is 10.2 Å². The maximum absolute atomic E-state index is 4.23. The van der Waals surface area contributed by atoms with Crippen LogP contribution in [-0.2, 0) is 0 Å². The molecule has 1 aromatic carbocycles. The molecule has 2 unspecified atom stereocenters. The minimum Gasteiger partial charge on any atom is -0.371 e. The Morgan fingerprint density at radius 2 is 2.15 bits per heavy atom. The fourth-order valence-corrected chi connectivity index (χ4v) is 2.99. The van der Waals surface area contributed by atoms with E-state index in [0.29, 0.717) is 12.0 Å². The SMILES string of the molecule is CC1CNC(C)CCN(c2cccc3cnccc23)C1. The number of benzene rings is 1. The predicted molar refractivity (Wildman–Crippen MR) is 85.2 cm³/mol. The van der Waals surface area contributed by atoms with Gasteiger partial charge in [0, 0.05) is 48.0 Å². The van der Waals surface area contributed by atoms with Crippen molar-refractivity contribution in [3.8, 4) is 0 Å². The first-order valence-corrected chi connectivity index (χ1v) is 7.55. The number of hydrogen-bond acceptors (Lipinski definition) is 3. The minimum absolute atomic E-state index is 0.594. The van der Waals surface area contributed by atoms with Crippen LogP contribution in [0.15, 0.2) is 36.7 Å². The maximum atomic E-state index is 4.23. The van der Waals surface area contributed by atoms with Gasteiger partial charge in [0.2, 0.25) is 0 Å². The molecule has 3 nitrogen and oxygen atoms in total. The second-order valence-electron chi connectivity index (χ2n) is 6.02. The molecular formula is C17H23N3. The molecule has 1 aliphatic rings. The fraction of sp³-hybridized carbons (Fsp3) is 0.471. The van der Waals surface area contributed by atoms with Gasteiger partial charge in [0.15, 0.2) is 0 Å². The van der Waals surface area contributed by atoms with Gasteiger partial charge in [-0.3, -0.25) is 4.98 Å². The number of aromatic nitrogens is 1.